The number of nitrogens with one attached hydrogen (secondary N) is 1. The van der Waals surface area contributed by atoms with E-state index in [4.69, 9.17) is 5.73 Å². The van der Waals surface area contributed by atoms with Crippen molar-refractivity contribution in [2.75, 3.05) is 25.1 Å². The number of carbonyl (C=O) groups excluding carboxylic acids is 1. The molecule has 1 heterocycles. The van der Waals surface area contributed by atoms with Crippen molar-refractivity contribution in [1.29, 1.82) is 0 Å². The molecule has 0 spiro atoms. The Balaban J connectivity index is 2.30. The Bertz CT molecular complexity index is 625. The fourth-order valence-corrected chi connectivity index (χ4v) is 2.08. The number of rotatable bonds is 4. The van der Waals surface area contributed by atoms with Gasteiger partial charge in [0.15, 0.2) is 0 Å². The molecule has 5 nitrogen and oxygen atoms in total. The van der Waals surface area contributed by atoms with Gasteiger partial charge in [-0.1, -0.05) is 0 Å². The van der Waals surface area contributed by atoms with Gasteiger partial charge < -0.3 is 16.0 Å². The molecule has 0 aliphatic heterocycles. The van der Waals surface area contributed by atoms with Crippen molar-refractivity contribution in [3.05, 3.63) is 53.9 Å². The van der Waals surface area contributed by atoms with E-state index in [-0.39, 0.29) is 11.9 Å². The van der Waals surface area contributed by atoms with Gasteiger partial charge >= 0.3 is 0 Å². The number of hydrogen-bond donors (Lipinski definition) is 2. The average molecular weight is 284 g/mol. The zero-order chi connectivity index (χ0) is 15.4. The normalized spacial score (nSPS) is 11.8. The van der Waals surface area contributed by atoms with Crippen molar-refractivity contribution < 1.29 is 4.79 Å². The predicted octanol–water partition coefficient (Wildman–Crippen LogP) is 2.54. The second-order valence-electron chi connectivity index (χ2n) is 5.15. The number of amides is 1. The monoisotopic (exact) mass is 284 g/mol. The number of nitrogens with zero attached hydrogens (tertiary/aromatic N) is 2. The van der Waals surface area contributed by atoms with Crippen molar-refractivity contribution in [2.24, 2.45) is 0 Å². The lowest BCUT2D eigenvalue weighted by molar-refractivity contribution is 0.0828. The summed E-state index contributed by atoms with van der Waals surface area (Å²) in [5.41, 5.74) is 8.90. The lowest BCUT2D eigenvalue weighted by Crippen LogP contribution is -2.23. The van der Waals surface area contributed by atoms with Crippen LogP contribution >= 0.6 is 0 Å². The molecule has 5 heteroatoms. The molecule has 1 amide bonds. The van der Waals surface area contributed by atoms with Crippen LogP contribution in [-0.4, -0.2) is 29.9 Å². The van der Waals surface area contributed by atoms with E-state index >= 15 is 0 Å². The fourth-order valence-electron chi connectivity index (χ4n) is 2.08. The fraction of sp³-hybridized carbons (Fsp3) is 0.250. The Morgan fingerprint density at radius 2 is 1.90 bits per heavy atom. The van der Waals surface area contributed by atoms with Crippen LogP contribution < -0.4 is 11.1 Å². The van der Waals surface area contributed by atoms with Gasteiger partial charge in [0, 0.05) is 43.9 Å². The number of hydrogen-bond acceptors (Lipinski definition) is 4. The van der Waals surface area contributed by atoms with E-state index in [1.165, 1.54) is 0 Å². The van der Waals surface area contributed by atoms with E-state index in [0.717, 1.165) is 11.3 Å². The predicted molar refractivity (Wildman–Crippen MR) is 85.1 cm³/mol. The summed E-state index contributed by atoms with van der Waals surface area (Å²) in [5.74, 6) is -0.0561. The molecule has 1 unspecified atom stereocenters. The van der Waals surface area contributed by atoms with Gasteiger partial charge in [-0.3, -0.25) is 9.78 Å². The van der Waals surface area contributed by atoms with E-state index in [0.29, 0.717) is 11.3 Å². The quantitative estimate of drug-likeness (QED) is 0.846. The Morgan fingerprint density at radius 1 is 1.24 bits per heavy atom. The maximum Gasteiger partial charge on any atom is 0.255 e. The summed E-state index contributed by atoms with van der Waals surface area (Å²) >= 11 is 0. The number of aromatic nitrogens is 1. The van der Waals surface area contributed by atoms with E-state index in [1.54, 1.807) is 49.6 Å². The van der Waals surface area contributed by atoms with E-state index in [1.807, 2.05) is 19.1 Å². The van der Waals surface area contributed by atoms with Crippen LogP contribution in [0.15, 0.2) is 42.7 Å². The van der Waals surface area contributed by atoms with Crippen LogP contribution in [-0.2, 0) is 0 Å². The van der Waals surface area contributed by atoms with E-state index in [9.17, 15) is 4.79 Å². The van der Waals surface area contributed by atoms with E-state index in [2.05, 4.69) is 10.3 Å². The molecule has 110 valence electrons. The van der Waals surface area contributed by atoms with Crippen molar-refractivity contribution in [3.63, 3.8) is 0 Å². The Labute approximate surface area is 124 Å². The minimum absolute atomic E-state index is 0.0449. The maximum absolute atomic E-state index is 12.2. The number of carbonyl (C=O) groups is 1. The van der Waals surface area contributed by atoms with Gasteiger partial charge in [0.1, 0.15) is 0 Å². The molecule has 1 aromatic heterocycles. The molecule has 0 fully saturated rings. The molecule has 0 saturated heterocycles. The molecule has 2 rings (SSSR count). The SMILES string of the molecule is CC(Nc1cc(N)ccc1C(=O)N(C)C)c1ccncc1. The van der Waals surface area contributed by atoms with Crippen LogP contribution in [0.3, 0.4) is 0 Å². The molecule has 2 aromatic rings. The average Bonchev–Trinajstić information content (AvgIpc) is 2.47. The summed E-state index contributed by atoms with van der Waals surface area (Å²) in [7, 11) is 3.46. The lowest BCUT2D eigenvalue weighted by atomic mass is 10.1. The summed E-state index contributed by atoms with van der Waals surface area (Å²) < 4.78 is 0. The molecular weight excluding hydrogens is 264 g/mol. The molecule has 1 aromatic carbocycles. The third-order valence-electron chi connectivity index (χ3n) is 3.26. The van der Waals surface area contributed by atoms with Gasteiger partial charge in [0.2, 0.25) is 0 Å². The molecule has 1 atom stereocenters. The topological polar surface area (TPSA) is 71.2 Å². The number of nitrogens with two attached hydrogens (primary N) is 1. The Hall–Kier alpha value is -2.56. The highest BCUT2D eigenvalue weighted by Crippen LogP contribution is 2.25. The Kier molecular flexibility index (Phi) is 4.42. The summed E-state index contributed by atoms with van der Waals surface area (Å²) in [6.07, 6.45) is 3.50. The molecule has 0 bridgehead atoms. The highest BCUT2D eigenvalue weighted by atomic mass is 16.2. The van der Waals surface area contributed by atoms with Crippen LogP contribution in [0.25, 0.3) is 0 Å². The first-order valence-corrected chi connectivity index (χ1v) is 6.76. The number of pyridine rings is 1. The van der Waals surface area contributed by atoms with Crippen molar-refractivity contribution in [1.82, 2.24) is 9.88 Å². The first-order chi connectivity index (χ1) is 9.99. The first-order valence-electron chi connectivity index (χ1n) is 6.76. The number of benzene rings is 1. The van der Waals surface area contributed by atoms with Crippen LogP contribution in [0.4, 0.5) is 11.4 Å². The smallest absolute Gasteiger partial charge is 0.255 e. The summed E-state index contributed by atoms with van der Waals surface area (Å²) in [6.45, 7) is 2.03. The molecule has 3 N–H and O–H groups in total. The molecule has 0 saturated carbocycles. The van der Waals surface area contributed by atoms with Crippen molar-refractivity contribution in [3.8, 4) is 0 Å². The highest BCUT2D eigenvalue weighted by molar-refractivity contribution is 6.00. The minimum atomic E-state index is -0.0561. The molecule has 0 aliphatic carbocycles. The largest absolute Gasteiger partial charge is 0.399 e. The summed E-state index contributed by atoms with van der Waals surface area (Å²) in [6, 6.07) is 9.20. The van der Waals surface area contributed by atoms with Gasteiger partial charge in [-0.15, -0.1) is 0 Å². The van der Waals surface area contributed by atoms with Gasteiger partial charge in [-0.05, 0) is 42.8 Å². The highest BCUT2D eigenvalue weighted by Gasteiger charge is 2.15. The summed E-state index contributed by atoms with van der Waals surface area (Å²) in [4.78, 5) is 17.8. The van der Waals surface area contributed by atoms with Gasteiger partial charge in [-0.25, -0.2) is 0 Å². The van der Waals surface area contributed by atoms with Crippen LogP contribution in [0.2, 0.25) is 0 Å². The van der Waals surface area contributed by atoms with Crippen LogP contribution in [0.5, 0.6) is 0 Å². The zero-order valence-electron chi connectivity index (χ0n) is 12.5. The van der Waals surface area contributed by atoms with E-state index < -0.39 is 0 Å². The molecular formula is C16H20N4O. The third kappa shape index (κ3) is 3.51. The Morgan fingerprint density at radius 3 is 2.52 bits per heavy atom. The minimum Gasteiger partial charge on any atom is -0.399 e. The summed E-state index contributed by atoms with van der Waals surface area (Å²) in [5, 5.41) is 3.35. The van der Waals surface area contributed by atoms with Crippen molar-refractivity contribution >= 4 is 17.3 Å². The standard InChI is InChI=1S/C16H20N4O/c1-11(12-6-8-18-9-7-12)19-15-10-13(17)4-5-14(15)16(21)20(2)3/h4-11,19H,17H2,1-3H3. The molecule has 0 radical (unpaired) electrons. The first kappa shape index (κ1) is 14.8. The second kappa shape index (κ2) is 6.26. The zero-order valence-corrected chi connectivity index (χ0v) is 12.5. The number of nitrogen functional groups attached to an aromatic ring is 1. The number of anilines is 2. The van der Waals surface area contributed by atoms with Gasteiger partial charge in [0.25, 0.3) is 5.91 Å². The molecule has 21 heavy (non-hydrogen) atoms. The van der Waals surface area contributed by atoms with Crippen molar-refractivity contribution in [2.45, 2.75) is 13.0 Å². The van der Waals surface area contributed by atoms with Gasteiger partial charge in [0.05, 0.1) is 5.56 Å². The molecule has 0 aliphatic rings. The van der Waals surface area contributed by atoms with Crippen LogP contribution in [0, 0.1) is 0 Å². The second-order valence-corrected chi connectivity index (χ2v) is 5.15. The maximum atomic E-state index is 12.2. The van der Waals surface area contributed by atoms with Crippen LogP contribution in [0.1, 0.15) is 28.9 Å². The third-order valence-corrected chi connectivity index (χ3v) is 3.26. The lowest BCUT2D eigenvalue weighted by Gasteiger charge is -2.20. The van der Waals surface area contributed by atoms with Gasteiger partial charge in [-0.2, -0.15) is 0 Å².